The Hall–Kier alpha value is -1.55. The molecule has 0 fully saturated rings. The molecule has 0 spiro atoms. The molecule has 0 saturated carbocycles. The van der Waals surface area contributed by atoms with E-state index in [1.165, 1.54) is 12.0 Å². The summed E-state index contributed by atoms with van der Waals surface area (Å²) < 4.78 is 0. The molecule has 0 aliphatic heterocycles. The lowest BCUT2D eigenvalue weighted by atomic mass is 10.2. The zero-order valence-corrected chi connectivity index (χ0v) is 11.6. The van der Waals surface area contributed by atoms with Crippen LogP contribution in [-0.4, -0.2) is 16.4 Å². The highest BCUT2D eigenvalue weighted by Gasteiger charge is 2.01. The third-order valence-corrected chi connectivity index (χ3v) is 3.49. The molecule has 0 N–H and O–H groups in total. The fourth-order valence-corrected chi connectivity index (χ4v) is 2.23. The van der Waals surface area contributed by atoms with Crippen molar-refractivity contribution < 1.29 is 0 Å². The zero-order valence-electron chi connectivity index (χ0n) is 10.8. The van der Waals surface area contributed by atoms with Crippen LogP contribution in [0.5, 0.6) is 0 Å². The number of aliphatic imine (C=N–C) groups is 1. The highest BCUT2D eigenvalue weighted by Crippen LogP contribution is 2.19. The molecular weight excluding hydrogens is 242 g/mol. The van der Waals surface area contributed by atoms with E-state index in [2.05, 4.69) is 53.3 Å². The minimum absolute atomic E-state index is 0.738. The number of hydrogen-bond acceptors (Lipinski definition) is 4. The zero-order chi connectivity index (χ0) is 12.8. The first-order valence-corrected chi connectivity index (χ1v) is 7.02. The van der Waals surface area contributed by atoms with Gasteiger partial charge in [0.1, 0.15) is 5.01 Å². The molecule has 0 radical (unpaired) electrons. The second kappa shape index (κ2) is 6.40. The molecule has 0 amide bonds. The van der Waals surface area contributed by atoms with Crippen LogP contribution in [0.15, 0.2) is 29.3 Å². The number of unbranched alkanes of at least 4 members (excludes halogenated alkanes) is 1. The van der Waals surface area contributed by atoms with Crippen molar-refractivity contribution in [2.24, 2.45) is 4.99 Å². The monoisotopic (exact) mass is 259 g/mol. The Morgan fingerprint density at radius 2 is 2.00 bits per heavy atom. The van der Waals surface area contributed by atoms with E-state index in [-0.39, 0.29) is 0 Å². The molecule has 0 unspecified atom stereocenters. The first kappa shape index (κ1) is 12.9. The van der Waals surface area contributed by atoms with Gasteiger partial charge in [-0.05, 0) is 18.9 Å². The van der Waals surface area contributed by atoms with Crippen molar-refractivity contribution in [1.29, 1.82) is 0 Å². The molecule has 1 heterocycles. The Morgan fingerprint density at radius 3 is 2.72 bits per heavy atom. The van der Waals surface area contributed by atoms with E-state index < -0.39 is 0 Å². The fraction of sp³-hybridized carbons (Fsp3) is 0.357. The van der Waals surface area contributed by atoms with Gasteiger partial charge in [0.2, 0.25) is 5.13 Å². The molecular formula is C14H17N3S. The highest BCUT2D eigenvalue weighted by molar-refractivity contribution is 7.14. The molecule has 2 rings (SSSR count). The number of benzene rings is 1. The molecule has 0 bridgehead atoms. The van der Waals surface area contributed by atoms with Crippen LogP contribution in [0.3, 0.4) is 0 Å². The molecule has 1 aromatic heterocycles. The molecule has 1 aromatic carbocycles. The lowest BCUT2D eigenvalue weighted by Crippen LogP contribution is -1.81. The predicted molar refractivity (Wildman–Crippen MR) is 77.0 cm³/mol. The van der Waals surface area contributed by atoms with Gasteiger partial charge < -0.3 is 0 Å². The van der Waals surface area contributed by atoms with Crippen molar-refractivity contribution in [2.45, 2.75) is 33.1 Å². The van der Waals surface area contributed by atoms with Gasteiger partial charge in [-0.1, -0.05) is 54.5 Å². The summed E-state index contributed by atoms with van der Waals surface area (Å²) in [6.07, 6.45) is 5.19. The Morgan fingerprint density at radius 1 is 1.22 bits per heavy atom. The van der Waals surface area contributed by atoms with E-state index in [9.17, 15) is 0 Å². The maximum atomic E-state index is 4.35. The van der Waals surface area contributed by atoms with E-state index in [1.807, 2.05) is 6.21 Å². The van der Waals surface area contributed by atoms with E-state index in [4.69, 9.17) is 0 Å². The van der Waals surface area contributed by atoms with Crippen molar-refractivity contribution in [1.82, 2.24) is 10.2 Å². The minimum atomic E-state index is 0.738. The second-order valence-electron chi connectivity index (χ2n) is 4.25. The number of nitrogens with zero attached hydrogens (tertiary/aromatic N) is 3. The molecule has 2 aromatic rings. The van der Waals surface area contributed by atoms with Gasteiger partial charge in [-0.3, -0.25) is 0 Å². The topological polar surface area (TPSA) is 38.1 Å². The summed E-state index contributed by atoms with van der Waals surface area (Å²) in [7, 11) is 0. The summed E-state index contributed by atoms with van der Waals surface area (Å²) in [5, 5.41) is 10.0. The van der Waals surface area contributed by atoms with Gasteiger partial charge in [-0.25, -0.2) is 4.99 Å². The lowest BCUT2D eigenvalue weighted by molar-refractivity contribution is 0.779. The number of hydrogen-bond donors (Lipinski definition) is 0. The number of aryl methyl sites for hydroxylation is 2. The smallest absolute Gasteiger partial charge is 0.226 e. The summed E-state index contributed by atoms with van der Waals surface area (Å²) in [6, 6.07) is 8.26. The van der Waals surface area contributed by atoms with Gasteiger partial charge in [-0.2, -0.15) is 0 Å². The Kier molecular flexibility index (Phi) is 4.59. The average Bonchev–Trinajstić information content (AvgIpc) is 2.84. The van der Waals surface area contributed by atoms with Crippen molar-refractivity contribution >= 4 is 22.7 Å². The Labute approximate surface area is 112 Å². The van der Waals surface area contributed by atoms with Crippen molar-refractivity contribution in [3.8, 4) is 0 Å². The number of aromatic nitrogens is 2. The summed E-state index contributed by atoms with van der Waals surface area (Å²) in [5.41, 5.74) is 2.34. The number of rotatable bonds is 5. The molecule has 0 aliphatic carbocycles. The normalized spacial score (nSPS) is 11.2. The van der Waals surface area contributed by atoms with Gasteiger partial charge in [-0.15, -0.1) is 10.2 Å². The Balaban J connectivity index is 2.00. The molecule has 0 atom stereocenters. The lowest BCUT2D eigenvalue weighted by Gasteiger charge is -1.92. The first-order chi connectivity index (χ1) is 8.78. The van der Waals surface area contributed by atoms with Crippen molar-refractivity contribution in [3.05, 3.63) is 40.4 Å². The predicted octanol–water partition coefficient (Wildman–Crippen LogP) is 3.94. The maximum absolute atomic E-state index is 4.35. The molecule has 0 saturated heterocycles. The molecule has 18 heavy (non-hydrogen) atoms. The third-order valence-electron chi connectivity index (χ3n) is 2.60. The van der Waals surface area contributed by atoms with E-state index in [0.717, 1.165) is 28.5 Å². The molecule has 4 heteroatoms. The van der Waals surface area contributed by atoms with Crippen LogP contribution in [0.4, 0.5) is 5.13 Å². The summed E-state index contributed by atoms with van der Waals surface area (Å²) in [5.74, 6) is 0. The van der Waals surface area contributed by atoms with Gasteiger partial charge >= 0.3 is 0 Å². The summed E-state index contributed by atoms with van der Waals surface area (Å²) in [4.78, 5) is 4.35. The van der Waals surface area contributed by atoms with Crippen LogP contribution in [0.25, 0.3) is 0 Å². The summed E-state index contributed by atoms with van der Waals surface area (Å²) >= 11 is 1.58. The van der Waals surface area contributed by atoms with Gasteiger partial charge in [0.05, 0.1) is 0 Å². The van der Waals surface area contributed by atoms with Crippen LogP contribution < -0.4 is 0 Å². The van der Waals surface area contributed by atoms with E-state index in [1.54, 1.807) is 11.3 Å². The second-order valence-corrected chi connectivity index (χ2v) is 5.29. The van der Waals surface area contributed by atoms with Crippen LogP contribution in [0.2, 0.25) is 0 Å². The van der Waals surface area contributed by atoms with Crippen LogP contribution in [0.1, 0.15) is 35.9 Å². The van der Waals surface area contributed by atoms with Gasteiger partial charge in [0, 0.05) is 12.6 Å². The molecule has 94 valence electrons. The minimum Gasteiger partial charge on any atom is -0.226 e. The van der Waals surface area contributed by atoms with Crippen LogP contribution in [0, 0.1) is 6.92 Å². The Bertz CT molecular complexity index is 514. The highest BCUT2D eigenvalue weighted by atomic mass is 32.1. The molecule has 0 aliphatic rings. The maximum Gasteiger partial charge on any atom is 0.231 e. The standard InChI is InChI=1S/C14H17N3S/c1-3-4-5-13-16-17-14(18-13)15-10-12-8-6-11(2)7-9-12/h6-10H,3-5H2,1-2H3. The van der Waals surface area contributed by atoms with E-state index in [0.29, 0.717) is 0 Å². The van der Waals surface area contributed by atoms with Crippen LogP contribution >= 0.6 is 11.3 Å². The average molecular weight is 259 g/mol. The van der Waals surface area contributed by atoms with Crippen molar-refractivity contribution in [3.63, 3.8) is 0 Å². The van der Waals surface area contributed by atoms with Gasteiger partial charge in [0.25, 0.3) is 0 Å². The van der Waals surface area contributed by atoms with Crippen LogP contribution in [-0.2, 0) is 6.42 Å². The third kappa shape index (κ3) is 3.74. The SMILES string of the molecule is CCCCc1nnc(N=Cc2ccc(C)cc2)s1. The quantitative estimate of drug-likeness (QED) is 0.763. The van der Waals surface area contributed by atoms with E-state index >= 15 is 0 Å². The van der Waals surface area contributed by atoms with Gasteiger partial charge in [0.15, 0.2) is 0 Å². The van der Waals surface area contributed by atoms with Crippen molar-refractivity contribution in [2.75, 3.05) is 0 Å². The largest absolute Gasteiger partial charge is 0.231 e. The first-order valence-electron chi connectivity index (χ1n) is 6.21. The summed E-state index contributed by atoms with van der Waals surface area (Å²) in [6.45, 7) is 4.25. The molecule has 3 nitrogen and oxygen atoms in total. The fourth-order valence-electron chi connectivity index (χ4n) is 1.51.